The molecule has 20 heavy (non-hydrogen) atoms. The van der Waals surface area contributed by atoms with Crippen LogP contribution in [0.3, 0.4) is 0 Å². The first kappa shape index (κ1) is 14.6. The van der Waals surface area contributed by atoms with Gasteiger partial charge in [-0.25, -0.2) is 9.97 Å². The van der Waals surface area contributed by atoms with E-state index >= 15 is 0 Å². The molecule has 0 aliphatic heterocycles. The molecule has 1 heterocycles. The second-order valence-electron chi connectivity index (χ2n) is 4.05. The van der Waals surface area contributed by atoms with Crippen LogP contribution in [-0.2, 0) is 4.74 Å². The van der Waals surface area contributed by atoms with E-state index in [2.05, 4.69) is 15.3 Å². The summed E-state index contributed by atoms with van der Waals surface area (Å²) >= 11 is 6.02. The molecule has 0 fully saturated rings. The lowest BCUT2D eigenvalue weighted by molar-refractivity contribution is 0.210. The van der Waals surface area contributed by atoms with E-state index < -0.39 is 0 Å². The Morgan fingerprint density at radius 3 is 2.55 bits per heavy atom. The highest BCUT2D eigenvalue weighted by Crippen LogP contribution is 2.23. The summed E-state index contributed by atoms with van der Waals surface area (Å²) in [6, 6.07) is 9.34. The van der Waals surface area contributed by atoms with Gasteiger partial charge in [0, 0.05) is 25.3 Å². The number of rotatable bonds is 6. The molecule has 0 aliphatic carbocycles. The molecule has 0 unspecified atom stereocenters. The molecule has 0 saturated heterocycles. The second kappa shape index (κ2) is 7.07. The van der Waals surface area contributed by atoms with E-state index in [-0.39, 0.29) is 0 Å². The molecule has 2 aromatic rings. The Balaban J connectivity index is 2.21. The van der Waals surface area contributed by atoms with Gasteiger partial charge in [0.15, 0.2) is 0 Å². The van der Waals surface area contributed by atoms with E-state index in [0.717, 1.165) is 17.0 Å². The third kappa shape index (κ3) is 3.82. The van der Waals surface area contributed by atoms with Gasteiger partial charge in [0.25, 0.3) is 0 Å². The second-order valence-corrected chi connectivity index (χ2v) is 4.43. The normalized spacial score (nSPS) is 10.3. The Morgan fingerprint density at radius 2 is 1.90 bits per heavy atom. The van der Waals surface area contributed by atoms with Gasteiger partial charge in [-0.2, -0.15) is 0 Å². The van der Waals surface area contributed by atoms with Crippen molar-refractivity contribution in [3.63, 3.8) is 0 Å². The highest BCUT2D eigenvalue weighted by Gasteiger charge is 2.05. The summed E-state index contributed by atoms with van der Waals surface area (Å²) in [7, 11) is 3.28. The van der Waals surface area contributed by atoms with E-state index in [1.807, 2.05) is 24.3 Å². The number of nitrogens with zero attached hydrogens (tertiary/aromatic N) is 2. The van der Waals surface area contributed by atoms with Gasteiger partial charge in [0.2, 0.25) is 5.95 Å². The van der Waals surface area contributed by atoms with E-state index in [4.69, 9.17) is 21.1 Å². The number of methoxy groups -OCH3 is 2. The zero-order chi connectivity index (χ0) is 14.4. The van der Waals surface area contributed by atoms with Gasteiger partial charge in [-0.15, -0.1) is 0 Å². The lowest BCUT2D eigenvalue weighted by atomic mass is 10.1. The number of hydrogen-bond acceptors (Lipinski definition) is 5. The van der Waals surface area contributed by atoms with Gasteiger partial charge in [-0.05, 0) is 24.3 Å². The van der Waals surface area contributed by atoms with Crippen molar-refractivity contribution < 1.29 is 9.47 Å². The monoisotopic (exact) mass is 293 g/mol. The number of nitrogens with one attached hydrogen (secondary N) is 1. The molecular weight excluding hydrogens is 278 g/mol. The summed E-state index contributed by atoms with van der Waals surface area (Å²) in [5.41, 5.74) is 1.71. The van der Waals surface area contributed by atoms with Crippen molar-refractivity contribution in [2.75, 3.05) is 32.7 Å². The maximum atomic E-state index is 6.02. The van der Waals surface area contributed by atoms with E-state index in [9.17, 15) is 0 Å². The van der Waals surface area contributed by atoms with Crippen molar-refractivity contribution in [1.29, 1.82) is 0 Å². The Kier molecular flexibility index (Phi) is 5.15. The predicted octanol–water partition coefficient (Wildman–Crippen LogP) is 2.86. The minimum absolute atomic E-state index is 0.394. The first-order valence-electron chi connectivity index (χ1n) is 6.14. The minimum Gasteiger partial charge on any atom is -0.497 e. The number of hydrogen-bond donors (Lipinski definition) is 1. The van der Waals surface area contributed by atoms with Gasteiger partial charge in [-0.1, -0.05) is 11.6 Å². The summed E-state index contributed by atoms with van der Waals surface area (Å²) < 4.78 is 10.1. The third-order valence-corrected chi connectivity index (χ3v) is 2.86. The minimum atomic E-state index is 0.394. The van der Waals surface area contributed by atoms with Gasteiger partial charge in [0.05, 0.1) is 19.4 Å². The fourth-order valence-corrected chi connectivity index (χ4v) is 1.85. The van der Waals surface area contributed by atoms with Crippen LogP contribution in [0.25, 0.3) is 11.3 Å². The molecule has 0 bridgehead atoms. The lowest BCUT2D eigenvalue weighted by Gasteiger charge is -2.08. The van der Waals surface area contributed by atoms with Gasteiger partial charge >= 0.3 is 0 Å². The van der Waals surface area contributed by atoms with Gasteiger partial charge in [0.1, 0.15) is 10.9 Å². The van der Waals surface area contributed by atoms with Crippen molar-refractivity contribution in [2.24, 2.45) is 0 Å². The Labute approximate surface area is 122 Å². The molecule has 1 aromatic carbocycles. The number of aromatic nitrogens is 2. The van der Waals surface area contributed by atoms with Crippen molar-refractivity contribution >= 4 is 17.5 Å². The largest absolute Gasteiger partial charge is 0.497 e. The van der Waals surface area contributed by atoms with Crippen molar-refractivity contribution in [2.45, 2.75) is 0 Å². The van der Waals surface area contributed by atoms with Crippen LogP contribution in [0.4, 0.5) is 5.95 Å². The van der Waals surface area contributed by atoms with E-state index in [1.165, 1.54) is 0 Å². The number of anilines is 1. The van der Waals surface area contributed by atoms with Crippen LogP contribution in [0.1, 0.15) is 0 Å². The molecule has 2 rings (SSSR count). The fraction of sp³-hybridized carbons (Fsp3) is 0.286. The molecule has 0 aliphatic rings. The maximum absolute atomic E-state index is 6.02. The number of halogens is 1. The molecule has 5 nitrogen and oxygen atoms in total. The van der Waals surface area contributed by atoms with Crippen LogP contribution in [0.15, 0.2) is 30.3 Å². The SMILES string of the molecule is COCCNc1nc(Cl)cc(-c2ccc(OC)cc2)n1. The van der Waals surface area contributed by atoms with Crippen molar-refractivity contribution in [3.8, 4) is 17.0 Å². The average Bonchev–Trinajstić information content (AvgIpc) is 2.47. The molecule has 0 atom stereocenters. The zero-order valence-corrected chi connectivity index (χ0v) is 12.1. The summed E-state index contributed by atoms with van der Waals surface area (Å²) in [5, 5.41) is 3.46. The summed E-state index contributed by atoms with van der Waals surface area (Å²) in [6.45, 7) is 1.20. The highest BCUT2D eigenvalue weighted by atomic mass is 35.5. The topological polar surface area (TPSA) is 56.3 Å². The van der Waals surface area contributed by atoms with Crippen LogP contribution in [0.2, 0.25) is 5.15 Å². The molecule has 0 amide bonds. The van der Waals surface area contributed by atoms with Gasteiger partial charge in [-0.3, -0.25) is 0 Å². The Bertz CT molecular complexity index is 561. The van der Waals surface area contributed by atoms with E-state index in [1.54, 1.807) is 20.3 Å². The molecule has 106 valence electrons. The van der Waals surface area contributed by atoms with Crippen LogP contribution < -0.4 is 10.1 Å². The van der Waals surface area contributed by atoms with Crippen LogP contribution >= 0.6 is 11.6 Å². The Hall–Kier alpha value is -1.85. The standard InChI is InChI=1S/C14H16ClN3O2/c1-19-8-7-16-14-17-12(9-13(15)18-14)10-3-5-11(20-2)6-4-10/h3-6,9H,7-8H2,1-2H3,(H,16,17,18). The number of benzene rings is 1. The molecule has 6 heteroatoms. The predicted molar refractivity (Wildman–Crippen MR) is 79.4 cm³/mol. The molecule has 1 aromatic heterocycles. The van der Waals surface area contributed by atoms with Crippen molar-refractivity contribution in [1.82, 2.24) is 9.97 Å². The lowest BCUT2D eigenvalue weighted by Crippen LogP contribution is -2.10. The third-order valence-electron chi connectivity index (χ3n) is 2.67. The molecule has 0 spiro atoms. The highest BCUT2D eigenvalue weighted by molar-refractivity contribution is 6.29. The van der Waals surface area contributed by atoms with Crippen LogP contribution in [-0.4, -0.2) is 37.3 Å². The maximum Gasteiger partial charge on any atom is 0.224 e. The Morgan fingerprint density at radius 1 is 1.15 bits per heavy atom. The first-order chi connectivity index (χ1) is 9.72. The summed E-state index contributed by atoms with van der Waals surface area (Å²) in [5.74, 6) is 1.28. The molecule has 0 saturated carbocycles. The quantitative estimate of drug-likeness (QED) is 0.655. The zero-order valence-electron chi connectivity index (χ0n) is 11.4. The molecule has 1 N–H and O–H groups in total. The fourth-order valence-electron chi connectivity index (χ4n) is 1.67. The smallest absolute Gasteiger partial charge is 0.224 e. The summed E-state index contributed by atoms with van der Waals surface area (Å²) in [4.78, 5) is 8.56. The van der Waals surface area contributed by atoms with Crippen molar-refractivity contribution in [3.05, 3.63) is 35.5 Å². The first-order valence-corrected chi connectivity index (χ1v) is 6.52. The van der Waals surface area contributed by atoms with Crippen LogP contribution in [0.5, 0.6) is 5.75 Å². The number of ether oxygens (including phenoxy) is 2. The van der Waals surface area contributed by atoms with E-state index in [0.29, 0.717) is 24.3 Å². The molecular formula is C14H16ClN3O2. The van der Waals surface area contributed by atoms with Crippen LogP contribution in [0, 0.1) is 0 Å². The average molecular weight is 294 g/mol. The molecule has 0 radical (unpaired) electrons. The van der Waals surface area contributed by atoms with Gasteiger partial charge < -0.3 is 14.8 Å². The summed E-state index contributed by atoms with van der Waals surface area (Å²) in [6.07, 6.45) is 0.